The Labute approximate surface area is 74.4 Å². The highest BCUT2D eigenvalue weighted by Crippen LogP contribution is 2.07. The molecule has 12 heavy (non-hydrogen) atoms. The molecule has 0 unspecified atom stereocenters. The molecule has 0 radical (unpaired) electrons. The van der Waals surface area contributed by atoms with Gasteiger partial charge in [0.2, 0.25) is 0 Å². The van der Waals surface area contributed by atoms with Crippen LogP contribution in [0, 0.1) is 0 Å². The van der Waals surface area contributed by atoms with E-state index in [-0.39, 0.29) is 18.0 Å². The Morgan fingerprint density at radius 1 is 1.58 bits per heavy atom. The second-order valence-corrected chi connectivity index (χ2v) is 3.22. The van der Waals surface area contributed by atoms with Gasteiger partial charge in [-0.1, -0.05) is 6.92 Å². The Balaban J connectivity index is 2.56. The van der Waals surface area contributed by atoms with Crippen LogP contribution in [0.1, 0.15) is 29.6 Å². The van der Waals surface area contributed by atoms with E-state index < -0.39 is 0 Å². The van der Waals surface area contributed by atoms with Gasteiger partial charge in [-0.05, 0) is 0 Å². The van der Waals surface area contributed by atoms with Gasteiger partial charge in [-0.15, -0.1) is 11.3 Å². The van der Waals surface area contributed by atoms with E-state index in [9.17, 15) is 9.59 Å². The summed E-state index contributed by atoms with van der Waals surface area (Å²) in [4.78, 5) is 25.9. The first kappa shape index (κ1) is 9.06. The molecule has 0 saturated heterocycles. The number of rotatable bonds is 4. The molecule has 0 aliphatic carbocycles. The molecule has 4 heteroatoms. The maximum atomic E-state index is 11.2. The molecule has 0 spiro atoms. The van der Waals surface area contributed by atoms with Crippen molar-refractivity contribution in [3.8, 4) is 0 Å². The van der Waals surface area contributed by atoms with E-state index in [0.717, 1.165) is 0 Å². The van der Waals surface area contributed by atoms with Crippen LogP contribution >= 0.6 is 11.3 Å². The van der Waals surface area contributed by atoms with Crippen LogP contribution in [0.5, 0.6) is 0 Å². The fourth-order valence-corrected chi connectivity index (χ4v) is 1.32. The predicted octanol–water partition coefficient (Wildman–Crippen LogP) is 1.70. The average Bonchev–Trinajstić information content (AvgIpc) is 2.56. The van der Waals surface area contributed by atoms with Crippen LogP contribution in [-0.4, -0.2) is 16.6 Å². The summed E-state index contributed by atoms with van der Waals surface area (Å²) in [6.45, 7) is 1.75. The van der Waals surface area contributed by atoms with Gasteiger partial charge in [0.25, 0.3) is 0 Å². The van der Waals surface area contributed by atoms with Crippen LogP contribution in [0.4, 0.5) is 0 Å². The summed E-state index contributed by atoms with van der Waals surface area (Å²) in [6.07, 6.45) is 1.97. The van der Waals surface area contributed by atoms with Crippen molar-refractivity contribution in [3.05, 3.63) is 16.6 Å². The molecule has 0 aliphatic rings. The average molecular weight is 183 g/mol. The number of aromatic nitrogens is 1. The summed E-state index contributed by atoms with van der Waals surface area (Å²) >= 11 is 1.27. The van der Waals surface area contributed by atoms with Crippen molar-refractivity contribution in [1.29, 1.82) is 0 Å². The van der Waals surface area contributed by atoms with Crippen LogP contribution in [-0.2, 0) is 4.79 Å². The molecule has 1 rings (SSSR count). The molecule has 0 N–H and O–H groups in total. The fourth-order valence-electron chi connectivity index (χ4n) is 0.741. The molecule has 0 aliphatic heterocycles. The Morgan fingerprint density at radius 3 is 2.83 bits per heavy atom. The Morgan fingerprint density at radius 2 is 2.33 bits per heavy atom. The molecule has 3 nitrogen and oxygen atoms in total. The molecular formula is C8H9NO2S. The smallest absolute Gasteiger partial charge is 0.198 e. The molecule has 1 aromatic rings. The first-order valence-electron chi connectivity index (χ1n) is 3.68. The van der Waals surface area contributed by atoms with Crippen molar-refractivity contribution in [2.24, 2.45) is 0 Å². The minimum Gasteiger partial charge on any atom is -0.299 e. The summed E-state index contributed by atoms with van der Waals surface area (Å²) in [5, 5.41) is 2.15. The number of hydrogen-bond donors (Lipinski definition) is 0. The van der Waals surface area contributed by atoms with Gasteiger partial charge in [0.1, 0.15) is 5.78 Å². The third-order valence-electron chi connectivity index (χ3n) is 1.42. The second-order valence-electron chi connectivity index (χ2n) is 2.33. The van der Waals surface area contributed by atoms with Crippen LogP contribution in [0.3, 0.4) is 0 Å². The Bertz CT molecular complexity index is 279. The lowest BCUT2D eigenvalue weighted by molar-refractivity contribution is -0.117. The molecule has 0 atom stereocenters. The number of ketones is 2. The standard InChI is InChI=1S/C8H9NO2S/c1-2-6(10)5-7(11)8-9-3-4-12-8/h3-4H,2,5H2,1H3. The highest BCUT2D eigenvalue weighted by Gasteiger charge is 2.11. The molecular weight excluding hydrogens is 174 g/mol. The molecule has 0 fully saturated rings. The van der Waals surface area contributed by atoms with Gasteiger partial charge in [0.15, 0.2) is 10.8 Å². The van der Waals surface area contributed by atoms with E-state index >= 15 is 0 Å². The van der Waals surface area contributed by atoms with E-state index in [1.165, 1.54) is 11.3 Å². The first-order valence-corrected chi connectivity index (χ1v) is 4.56. The van der Waals surface area contributed by atoms with Crippen LogP contribution in [0.15, 0.2) is 11.6 Å². The number of carbonyl (C=O) groups excluding carboxylic acids is 2. The minimum atomic E-state index is -0.170. The van der Waals surface area contributed by atoms with Gasteiger partial charge in [0.05, 0.1) is 6.42 Å². The van der Waals surface area contributed by atoms with Gasteiger partial charge in [-0.3, -0.25) is 9.59 Å². The normalized spacial score (nSPS) is 9.75. The van der Waals surface area contributed by atoms with Crippen molar-refractivity contribution >= 4 is 22.9 Å². The fraction of sp³-hybridized carbons (Fsp3) is 0.375. The number of hydrogen-bond acceptors (Lipinski definition) is 4. The van der Waals surface area contributed by atoms with Gasteiger partial charge in [0, 0.05) is 18.0 Å². The molecule has 0 bridgehead atoms. The molecule has 0 amide bonds. The zero-order valence-corrected chi connectivity index (χ0v) is 7.56. The molecule has 1 aromatic heterocycles. The third kappa shape index (κ3) is 2.23. The van der Waals surface area contributed by atoms with E-state index in [2.05, 4.69) is 4.98 Å². The third-order valence-corrected chi connectivity index (χ3v) is 2.24. The quantitative estimate of drug-likeness (QED) is 0.527. The Kier molecular flexibility index (Phi) is 3.10. The van der Waals surface area contributed by atoms with Crippen LogP contribution in [0.25, 0.3) is 0 Å². The molecule has 64 valence electrons. The van der Waals surface area contributed by atoms with Gasteiger partial charge in [-0.25, -0.2) is 4.98 Å². The minimum absolute atomic E-state index is 0.00991. The highest BCUT2D eigenvalue weighted by atomic mass is 32.1. The lowest BCUT2D eigenvalue weighted by Crippen LogP contribution is -2.06. The number of carbonyl (C=O) groups is 2. The summed E-state index contributed by atoms with van der Waals surface area (Å²) in [6, 6.07) is 0. The predicted molar refractivity (Wildman–Crippen MR) is 46.4 cm³/mol. The van der Waals surface area contributed by atoms with Gasteiger partial charge in [-0.2, -0.15) is 0 Å². The molecule has 1 heterocycles. The van der Waals surface area contributed by atoms with E-state index in [4.69, 9.17) is 0 Å². The summed E-state index contributed by atoms with van der Waals surface area (Å²) in [7, 11) is 0. The number of nitrogens with zero attached hydrogens (tertiary/aromatic N) is 1. The molecule has 0 aromatic carbocycles. The second kappa shape index (κ2) is 4.11. The topological polar surface area (TPSA) is 47.0 Å². The van der Waals surface area contributed by atoms with Gasteiger partial charge >= 0.3 is 0 Å². The maximum absolute atomic E-state index is 11.2. The van der Waals surface area contributed by atoms with Gasteiger partial charge < -0.3 is 0 Å². The zero-order chi connectivity index (χ0) is 8.97. The molecule has 0 saturated carbocycles. The zero-order valence-electron chi connectivity index (χ0n) is 6.74. The van der Waals surface area contributed by atoms with Crippen molar-refractivity contribution in [2.75, 3.05) is 0 Å². The first-order chi connectivity index (χ1) is 5.74. The van der Waals surface area contributed by atoms with Crippen molar-refractivity contribution < 1.29 is 9.59 Å². The van der Waals surface area contributed by atoms with Crippen LogP contribution < -0.4 is 0 Å². The lowest BCUT2D eigenvalue weighted by Gasteiger charge is -1.92. The Hall–Kier alpha value is -1.03. The van der Waals surface area contributed by atoms with E-state index in [0.29, 0.717) is 11.4 Å². The monoisotopic (exact) mass is 183 g/mol. The van der Waals surface area contributed by atoms with E-state index in [1.54, 1.807) is 18.5 Å². The largest absolute Gasteiger partial charge is 0.299 e. The maximum Gasteiger partial charge on any atom is 0.198 e. The van der Waals surface area contributed by atoms with Crippen molar-refractivity contribution in [1.82, 2.24) is 4.98 Å². The van der Waals surface area contributed by atoms with Crippen molar-refractivity contribution in [2.45, 2.75) is 19.8 Å². The SMILES string of the molecule is CCC(=O)CC(=O)c1nccs1. The highest BCUT2D eigenvalue weighted by molar-refractivity contribution is 7.11. The number of thiazole rings is 1. The van der Waals surface area contributed by atoms with E-state index in [1.807, 2.05) is 0 Å². The summed E-state index contributed by atoms with van der Waals surface area (Å²) < 4.78 is 0. The lowest BCUT2D eigenvalue weighted by atomic mass is 10.2. The van der Waals surface area contributed by atoms with Crippen molar-refractivity contribution in [3.63, 3.8) is 0 Å². The summed E-state index contributed by atoms with van der Waals surface area (Å²) in [5.74, 6) is -0.202. The number of Topliss-reactive ketones (excluding diaryl/α,β-unsaturated/α-hetero) is 2. The summed E-state index contributed by atoms with van der Waals surface area (Å²) in [5.41, 5.74) is 0. The van der Waals surface area contributed by atoms with Crippen LogP contribution in [0.2, 0.25) is 0 Å².